The van der Waals surface area contributed by atoms with E-state index in [9.17, 15) is 24.0 Å². The number of fused-ring (bicyclic) bond motifs is 2. The molecule has 0 aromatic heterocycles. The number of ether oxygens (including phenoxy) is 4. The smallest absolute Gasteiger partial charge is 0.329 e. The van der Waals surface area contributed by atoms with Crippen LogP contribution in [0.5, 0.6) is 11.5 Å². The molecule has 4 aromatic rings. The van der Waals surface area contributed by atoms with E-state index in [1.807, 2.05) is 60.7 Å². The summed E-state index contributed by atoms with van der Waals surface area (Å²) in [5.74, 6) is 0.487. The monoisotopic (exact) mass is 786 g/mol. The van der Waals surface area contributed by atoms with Crippen molar-refractivity contribution in [3.8, 4) is 11.5 Å². The van der Waals surface area contributed by atoms with E-state index < -0.39 is 24.0 Å². The maximum atomic E-state index is 12.8. The minimum absolute atomic E-state index is 0.129. The normalized spacial score (nSPS) is 14.3. The molecule has 0 spiro atoms. The largest absolute Gasteiger partial charge is 0.497 e. The Morgan fingerprint density at radius 2 is 1.11 bits per heavy atom. The third kappa shape index (κ3) is 9.91. The molecule has 0 saturated heterocycles. The van der Waals surface area contributed by atoms with Crippen molar-refractivity contribution >= 4 is 75.9 Å². The number of benzene rings is 4. The molecule has 2 unspecified atom stereocenters. The highest BCUT2D eigenvalue weighted by Crippen LogP contribution is 2.40. The summed E-state index contributed by atoms with van der Waals surface area (Å²) in [6.07, 6.45) is 0.650. The van der Waals surface area contributed by atoms with Crippen LogP contribution in [0.3, 0.4) is 0 Å². The molecule has 0 radical (unpaired) electrons. The summed E-state index contributed by atoms with van der Waals surface area (Å²) in [6, 6.07) is 23.8. The number of carbonyl (C=O) groups excluding carboxylic acids is 5. The fraction of sp³-hybridized carbons (Fsp3) is 0.275. The number of rotatable bonds is 11. The van der Waals surface area contributed by atoms with Crippen LogP contribution in [0.15, 0.2) is 94.7 Å². The van der Waals surface area contributed by atoms with Crippen LogP contribution >= 0.6 is 23.5 Å². The lowest BCUT2D eigenvalue weighted by Crippen LogP contribution is -2.49. The van der Waals surface area contributed by atoms with Crippen LogP contribution in [0, 0.1) is 0 Å². The number of hydrogen-bond donors (Lipinski definition) is 2. The van der Waals surface area contributed by atoms with E-state index >= 15 is 0 Å². The first kappa shape index (κ1) is 40.5. The van der Waals surface area contributed by atoms with E-state index in [0.717, 1.165) is 26.7 Å². The molecule has 288 valence electrons. The van der Waals surface area contributed by atoms with Gasteiger partial charge < -0.3 is 30.0 Å². The zero-order chi connectivity index (χ0) is 39.6. The molecule has 2 aliphatic rings. The molecule has 3 amide bonds. The van der Waals surface area contributed by atoms with Crippen LogP contribution in [0.2, 0.25) is 0 Å². The third-order valence-corrected chi connectivity index (χ3v) is 10.8. The Balaban J connectivity index is 0.000000212. The van der Waals surface area contributed by atoms with Gasteiger partial charge >= 0.3 is 11.9 Å². The molecule has 15 heteroatoms. The molecular formula is C40H42N4O9S2. The number of carbonyl (C=O) groups is 5. The predicted molar refractivity (Wildman–Crippen MR) is 213 cm³/mol. The Bertz CT molecular complexity index is 2040. The van der Waals surface area contributed by atoms with Gasteiger partial charge in [0.05, 0.1) is 51.3 Å². The van der Waals surface area contributed by atoms with Gasteiger partial charge in [-0.3, -0.25) is 24.2 Å². The number of hydrogen-bond acceptors (Lipinski definition) is 12. The van der Waals surface area contributed by atoms with Gasteiger partial charge in [-0.15, -0.1) is 23.5 Å². The van der Waals surface area contributed by atoms with Crippen molar-refractivity contribution in [3.63, 3.8) is 0 Å². The van der Waals surface area contributed by atoms with Gasteiger partial charge in [-0.1, -0.05) is 24.3 Å². The van der Waals surface area contributed by atoms with Gasteiger partial charge in [0.25, 0.3) is 0 Å². The SMILES string of the molecule is COC(=O)C(Cc1ccc(OC)cc1)N1C(=O)CSc2cc(N)ccc21.COC(=O)C(Cc1ccc(OC)cc1)N1C(=O)CSc2cc(NC(C)=O)ccc21. The summed E-state index contributed by atoms with van der Waals surface area (Å²) in [5.41, 5.74) is 10.2. The standard InChI is InChI=1S/C21H22N2O5S.C19H20N2O4S/c1-13(24)22-15-6-9-17-19(11-15)29-12-20(25)23(17)18(21(26)28-3)10-14-4-7-16(27-2)8-5-14;1-24-14-6-3-12(4-7-14)9-16(19(23)25-2)21-15-8-5-13(20)10-17(15)26-11-18(21)22/h4-9,11,18H,10,12H2,1-3H3,(H,22,24);3-8,10,16H,9,11,20H2,1-2H3. The number of methoxy groups -OCH3 is 4. The zero-order valence-electron chi connectivity index (χ0n) is 31.0. The molecule has 13 nitrogen and oxygen atoms in total. The van der Waals surface area contributed by atoms with E-state index in [4.69, 9.17) is 24.7 Å². The third-order valence-electron chi connectivity index (χ3n) is 8.77. The molecular weight excluding hydrogens is 745 g/mol. The van der Waals surface area contributed by atoms with Gasteiger partial charge in [-0.05, 0) is 71.8 Å². The number of nitrogens with one attached hydrogen (secondary N) is 1. The molecule has 0 saturated carbocycles. The predicted octanol–water partition coefficient (Wildman–Crippen LogP) is 5.38. The first-order chi connectivity index (χ1) is 26.5. The Hall–Kier alpha value is -5.67. The van der Waals surface area contributed by atoms with Crippen molar-refractivity contribution in [2.24, 2.45) is 0 Å². The molecule has 0 bridgehead atoms. The van der Waals surface area contributed by atoms with Gasteiger partial charge in [0, 0.05) is 40.9 Å². The van der Waals surface area contributed by atoms with Crippen LogP contribution in [0.4, 0.5) is 22.7 Å². The second-order valence-corrected chi connectivity index (χ2v) is 14.4. The molecule has 55 heavy (non-hydrogen) atoms. The quantitative estimate of drug-likeness (QED) is 0.148. The number of nitrogens with zero attached hydrogens (tertiary/aromatic N) is 2. The average Bonchev–Trinajstić information content (AvgIpc) is 3.19. The van der Waals surface area contributed by atoms with E-state index in [0.29, 0.717) is 41.3 Å². The van der Waals surface area contributed by atoms with Crippen LogP contribution in [-0.4, -0.2) is 81.7 Å². The van der Waals surface area contributed by atoms with Gasteiger partial charge in [-0.2, -0.15) is 0 Å². The minimum atomic E-state index is -0.799. The molecule has 4 aromatic carbocycles. The Labute approximate surface area is 327 Å². The summed E-state index contributed by atoms with van der Waals surface area (Å²) in [7, 11) is 5.82. The van der Waals surface area contributed by atoms with E-state index in [2.05, 4.69) is 5.32 Å². The van der Waals surface area contributed by atoms with Crippen molar-refractivity contribution in [3.05, 3.63) is 96.1 Å². The number of amides is 3. The summed E-state index contributed by atoms with van der Waals surface area (Å²) >= 11 is 2.80. The lowest BCUT2D eigenvalue weighted by atomic mass is 10.0. The van der Waals surface area contributed by atoms with Gasteiger partial charge in [0.15, 0.2) is 0 Å². The number of thioether (sulfide) groups is 2. The highest BCUT2D eigenvalue weighted by atomic mass is 32.2. The first-order valence-electron chi connectivity index (χ1n) is 17.1. The van der Waals surface area contributed by atoms with Crippen molar-refractivity contribution in [2.75, 3.05) is 60.8 Å². The van der Waals surface area contributed by atoms with Crippen molar-refractivity contribution in [1.29, 1.82) is 0 Å². The number of anilines is 4. The molecule has 2 atom stereocenters. The van der Waals surface area contributed by atoms with Crippen LogP contribution in [0.25, 0.3) is 0 Å². The lowest BCUT2D eigenvalue weighted by molar-refractivity contribution is -0.143. The lowest BCUT2D eigenvalue weighted by Gasteiger charge is -2.34. The average molecular weight is 787 g/mol. The number of esters is 2. The fourth-order valence-electron chi connectivity index (χ4n) is 6.13. The summed E-state index contributed by atoms with van der Waals surface area (Å²) in [6.45, 7) is 1.44. The van der Waals surface area contributed by atoms with Gasteiger partial charge in [-0.25, -0.2) is 9.59 Å². The highest BCUT2D eigenvalue weighted by Gasteiger charge is 2.37. The first-order valence-corrected chi connectivity index (χ1v) is 19.1. The summed E-state index contributed by atoms with van der Waals surface area (Å²) < 4.78 is 20.3. The highest BCUT2D eigenvalue weighted by molar-refractivity contribution is 8.00. The maximum absolute atomic E-state index is 12.8. The van der Waals surface area contributed by atoms with Crippen molar-refractivity contribution < 1.29 is 42.9 Å². The molecule has 3 N–H and O–H groups in total. The molecule has 0 fully saturated rings. The second-order valence-electron chi connectivity index (χ2n) is 12.4. The molecule has 2 aliphatic heterocycles. The van der Waals surface area contributed by atoms with E-state index in [-0.39, 0.29) is 29.2 Å². The van der Waals surface area contributed by atoms with Crippen LogP contribution in [0.1, 0.15) is 18.1 Å². The van der Waals surface area contributed by atoms with Gasteiger partial charge in [0.1, 0.15) is 23.6 Å². The van der Waals surface area contributed by atoms with Crippen LogP contribution < -0.4 is 30.3 Å². The van der Waals surface area contributed by atoms with Gasteiger partial charge in [0.2, 0.25) is 17.7 Å². The Morgan fingerprint density at radius 3 is 1.53 bits per heavy atom. The Kier molecular flexibility index (Phi) is 13.7. The maximum Gasteiger partial charge on any atom is 0.329 e. The topological polar surface area (TPSA) is 167 Å². The second kappa shape index (κ2) is 18.6. The molecule has 6 rings (SSSR count). The van der Waals surface area contributed by atoms with Crippen molar-refractivity contribution in [2.45, 2.75) is 41.6 Å². The summed E-state index contributed by atoms with van der Waals surface area (Å²) in [4.78, 5) is 66.6. The minimum Gasteiger partial charge on any atom is -0.497 e. The van der Waals surface area contributed by atoms with Crippen molar-refractivity contribution in [1.82, 2.24) is 0 Å². The summed E-state index contributed by atoms with van der Waals surface area (Å²) in [5, 5.41) is 2.74. The fourth-order valence-corrected chi connectivity index (χ4v) is 8.02. The van der Waals surface area contributed by atoms with E-state index in [1.165, 1.54) is 54.5 Å². The van der Waals surface area contributed by atoms with Crippen LogP contribution in [-0.2, 0) is 46.3 Å². The molecule has 0 aliphatic carbocycles. The van der Waals surface area contributed by atoms with E-state index in [1.54, 1.807) is 38.5 Å². The molecule has 2 heterocycles. The number of nitrogen functional groups attached to an aromatic ring is 1. The zero-order valence-corrected chi connectivity index (χ0v) is 32.7. The number of nitrogens with two attached hydrogens (primary N) is 1. The Morgan fingerprint density at radius 1 is 0.673 bits per heavy atom.